The summed E-state index contributed by atoms with van der Waals surface area (Å²) in [5.41, 5.74) is 3.83. The molecule has 1 heterocycles. The van der Waals surface area contributed by atoms with E-state index >= 15 is 0 Å². The molecule has 158 valence electrons. The molecule has 1 unspecified atom stereocenters. The molecule has 0 saturated heterocycles. The van der Waals surface area contributed by atoms with Crippen LogP contribution in [0, 0.1) is 0 Å². The number of aliphatic imine (C=N–C) groups is 1. The van der Waals surface area contributed by atoms with Gasteiger partial charge in [0.1, 0.15) is 0 Å². The van der Waals surface area contributed by atoms with Crippen molar-refractivity contribution < 1.29 is 9.59 Å². The lowest BCUT2D eigenvalue weighted by molar-refractivity contribution is -0.125. The van der Waals surface area contributed by atoms with Crippen molar-refractivity contribution in [1.82, 2.24) is 5.32 Å². The number of hydrogen-bond donors (Lipinski definition) is 3. The zero-order valence-electron chi connectivity index (χ0n) is 17.6. The summed E-state index contributed by atoms with van der Waals surface area (Å²) in [6, 6.07) is 26.5. The fourth-order valence-corrected chi connectivity index (χ4v) is 3.12. The Bertz CT molecular complexity index is 1050. The first-order valence-electron chi connectivity index (χ1n) is 10.3. The molecule has 3 N–H and O–H groups in total. The highest BCUT2D eigenvalue weighted by Gasteiger charge is 2.26. The molecule has 0 saturated carbocycles. The molecule has 0 aliphatic carbocycles. The number of hydrogen-bond acceptors (Lipinski definition) is 4. The highest BCUT2D eigenvalue weighted by atomic mass is 16.2. The number of para-hydroxylation sites is 2. The van der Waals surface area contributed by atoms with Gasteiger partial charge in [0.15, 0.2) is 0 Å². The van der Waals surface area contributed by atoms with Crippen LogP contribution in [-0.4, -0.2) is 30.2 Å². The molecule has 3 aromatic carbocycles. The highest BCUT2D eigenvalue weighted by molar-refractivity contribution is 6.19. The number of nitrogens with zero attached hydrogens (tertiary/aromatic N) is 1. The number of benzene rings is 3. The van der Waals surface area contributed by atoms with Gasteiger partial charge in [0.25, 0.3) is 5.91 Å². The monoisotopic (exact) mass is 414 g/mol. The van der Waals surface area contributed by atoms with E-state index in [-0.39, 0.29) is 18.4 Å². The highest BCUT2D eigenvalue weighted by Crippen LogP contribution is 2.23. The van der Waals surface area contributed by atoms with Gasteiger partial charge in [-0.2, -0.15) is 0 Å². The molecular weight excluding hydrogens is 388 g/mol. The molecule has 6 heteroatoms. The first-order chi connectivity index (χ1) is 15.2. The molecular formula is C25H26N4O2. The van der Waals surface area contributed by atoms with E-state index in [1.807, 2.05) is 98.8 Å². The number of anilines is 2. The number of carbonyl (C=O) groups is 2. The SMILES string of the molecule is CC.O=C(CNc1ccccc1)NC1N=C(c2ccccc2)c2ccccc2NC1=O. The second-order valence-corrected chi connectivity index (χ2v) is 6.57. The molecule has 0 fully saturated rings. The first-order valence-corrected chi connectivity index (χ1v) is 10.3. The molecule has 2 amide bonds. The zero-order valence-corrected chi connectivity index (χ0v) is 17.6. The van der Waals surface area contributed by atoms with Crippen molar-refractivity contribution in [3.05, 3.63) is 96.1 Å². The molecule has 4 rings (SSSR count). The molecule has 1 aliphatic heterocycles. The summed E-state index contributed by atoms with van der Waals surface area (Å²) in [5, 5.41) is 8.61. The van der Waals surface area contributed by atoms with Crippen LogP contribution in [0.1, 0.15) is 25.0 Å². The third-order valence-corrected chi connectivity index (χ3v) is 4.52. The van der Waals surface area contributed by atoms with Crippen molar-refractivity contribution in [2.75, 3.05) is 17.2 Å². The van der Waals surface area contributed by atoms with Crippen LogP contribution < -0.4 is 16.0 Å². The van der Waals surface area contributed by atoms with E-state index in [2.05, 4.69) is 20.9 Å². The molecule has 0 aromatic heterocycles. The van der Waals surface area contributed by atoms with Crippen LogP contribution in [0.25, 0.3) is 0 Å². The Morgan fingerprint density at radius 1 is 0.903 bits per heavy atom. The minimum atomic E-state index is -1.03. The van der Waals surface area contributed by atoms with Crippen LogP contribution in [0.15, 0.2) is 89.9 Å². The Balaban J connectivity index is 0.00000132. The molecule has 0 radical (unpaired) electrons. The minimum absolute atomic E-state index is 0.0386. The Morgan fingerprint density at radius 3 is 2.23 bits per heavy atom. The molecule has 6 nitrogen and oxygen atoms in total. The van der Waals surface area contributed by atoms with Gasteiger partial charge in [-0.05, 0) is 18.2 Å². The summed E-state index contributed by atoms with van der Waals surface area (Å²) in [6.07, 6.45) is -1.03. The number of nitrogens with one attached hydrogen (secondary N) is 3. The Kier molecular flexibility index (Phi) is 7.54. The fourth-order valence-electron chi connectivity index (χ4n) is 3.12. The molecule has 31 heavy (non-hydrogen) atoms. The quantitative estimate of drug-likeness (QED) is 0.589. The third-order valence-electron chi connectivity index (χ3n) is 4.52. The van der Waals surface area contributed by atoms with Crippen LogP contribution in [0.3, 0.4) is 0 Å². The summed E-state index contributed by atoms with van der Waals surface area (Å²) in [5.74, 6) is -0.701. The minimum Gasteiger partial charge on any atom is -0.376 e. The maximum absolute atomic E-state index is 12.7. The number of rotatable bonds is 5. The number of fused-ring (bicyclic) bond motifs is 1. The maximum Gasteiger partial charge on any atom is 0.269 e. The van der Waals surface area contributed by atoms with Crippen molar-refractivity contribution in [3.63, 3.8) is 0 Å². The van der Waals surface area contributed by atoms with Gasteiger partial charge in [0.2, 0.25) is 12.1 Å². The van der Waals surface area contributed by atoms with Gasteiger partial charge >= 0.3 is 0 Å². The molecule has 1 aliphatic rings. The van der Waals surface area contributed by atoms with Gasteiger partial charge < -0.3 is 16.0 Å². The molecule has 1 atom stereocenters. The van der Waals surface area contributed by atoms with Gasteiger partial charge in [-0.25, -0.2) is 4.99 Å². The fraction of sp³-hybridized carbons (Fsp3) is 0.160. The Labute approximate surface area is 182 Å². The second-order valence-electron chi connectivity index (χ2n) is 6.57. The second kappa shape index (κ2) is 10.7. The van der Waals surface area contributed by atoms with E-state index in [9.17, 15) is 9.59 Å². The van der Waals surface area contributed by atoms with Crippen LogP contribution in [0.4, 0.5) is 11.4 Å². The van der Waals surface area contributed by atoms with Crippen molar-refractivity contribution in [3.8, 4) is 0 Å². The van der Waals surface area contributed by atoms with Crippen LogP contribution in [0.5, 0.6) is 0 Å². The van der Waals surface area contributed by atoms with Gasteiger partial charge in [0.05, 0.1) is 17.9 Å². The molecule has 0 bridgehead atoms. The summed E-state index contributed by atoms with van der Waals surface area (Å²) in [4.78, 5) is 29.8. The van der Waals surface area contributed by atoms with Crippen LogP contribution >= 0.6 is 0 Å². The van der Waals surface area contributed by atoms with Gasteiger partial charge in [-0.15, -0.1) is 0 Å². The average Bonchev–Trinajstić information content (AvgIpc) is 2.96. The van der Waals surface area contributed by atoms with Gasteiger partial charge in [-0.3, -0.25) is 9.59 Å². The Hall–Kier alpha value is -3.93. The summed E-state index contributed by atoms with van der Waals surface area (Å²) < 4.78 is 0. The summed E-state index contributed by atoms with van der Waals surface area (Å²) >= 11 is 0. The predicted octanol–water partition coefficient (Wildman–Crippen LogP) is 4.06. The summed E-state index contributed by atoms with van der Waals surface area (Å²) in [7, 11) is 0. The summed E-state index contributed by atoms with van der Waals surface area (Å²) in [6.45, 7) is 4.04. The number of amides is 2. The lowest BCUT2D eigenvalue weighted by Crippen LogP contribution is -2.44. The van der Waals surface area contributed by atoms with Crippen molar-refractivity contribution in [2.24, 2.45) is 4.99 Å². The molecule has 0 spiro atoms. The lowest BCUT2D eigenvalue weighted by atomic mass is 10.0. The first kappa shape index (κ1) is 21.8. The lowest BCUT2D eigenvalue weighted by Gasteiger charge is -2.14. The van der Waals surface area contributed by atoms with Crippen molar-refractivity contribution in [1.29, 1.82) is 0 Å². The smallest absolute Gasteiger partial charge is 0.269 e. The van der Waals surface area contributed by atoms with E-state index in [4.69, 9.17) is 0 Å². The molecule has 3 aromatic rings. The Morgan fingerprint density at radius 2 is 1.52 bits per heavy atom. The maximum atomic E-state index is 12.7. The predicted molar refractivity (Wildman–Crippen MR) is 125 cm³/mol. The standard InChI is InChI=1S/C23H20N4O2.C2H6/c28-20(15-24-17-11-5-2-6-12-17)26-22-23(29)25-19-14-8-7-13-18(19)21(27-22)16-9-3-1-4-10-16;1-2/h1-14,22,24H,15H2,(H,25,29)(H,26,28);1-2H3. The number of carbonyl (C=O) groups excluding carboxylic acids is 2. The topological polar surface area (TPSA) is 82.6 Å². The van der Waals surface area contributed by atoms with Gasteiger partial charge in [-0.1, -0.05) is 80.6 Å². The largest absolute Gasteiger partial charge is 0.376 e. The van der Waals surface area contributed by atoms with Crippen molar-refractivity contribution in [2.45, 2.75) is 20.0 Å². The van der Waals surface area contributed by atoms with E-state index in [0.29, 0.717) is 11.4 Å². The van der Waals surface area contributed by atoms with E-state index in [0.717, 1.165) is 16.8 Å². The van der Waals surface area contributed by atoms with Crippen LogP contribution in [-0.2, 0) is 9.59 Å². The van der Waals surface area contributed by atoms with E-state index < -0.39 is 6.17 Å². The third kappa shape index (κ3) is 5.57. The van der Waals surface area contributed by atoms with E-state index in [1.54, 1.807) is 0 Å². The van der Waals surface area contributed by atoms with E-state index in [1.165, 1.54) is 0 Å². The van der Waals surface area contributed by atoms with Crippen molar-refractivity contribution >= 4 is 28.9 Å². The zero-order chi connectivity index (χ0) is 22.1. The average molecular weight is 415 g/mol. The van der Waals surface area contributed by atoms with Gasteiger partial charge in [0, 0.05) is 16.8 Å². The number of benzodiazepines with no additional fused rings is 1. The normalized spacial score (nSPS) is 14.6. The van der Waals surface area contributed by atoms with Crippen LogP contribution in [0.2, 0.25) is 0 Å².